The molecule has 1 aromatic heterocycles. The van der Waals surface area contributed by atoms with Crippen LogP contribution >= 0.6 is 0 Å². The molecule has 1 saturated heterocycles. The van der Waals surface area contributed by atoms with Crippen LogP contribution in [0.3, 0.4) is 0 Å². The van der Waals surface area contributed by atoms with Crippen LogP contribution in [-0.4, -0.2) is 47.0 Å². The SMILES string of the molecule is CN(Cc1ccn(C)n1)CC1CN(c2ccccc2)C(=O)O1. The van der Waals surface area contributed by atoms with Crippen LogP contribution in [0.4, 0.5) is 10.5 Å². The Balaban J connectivity index is 1.57. The number of aromatic nitrogens is 2. The van der Waals surface area contributed by atoms with Crippen molar-refractivity contribution in [3.05, 3.63) is 48.3 Å². The van der Waals surface area contributed by atoms with Gasteiger partial charge in [-0.25, -0.2) is 4.79 Å². The van der Waals surface area contributed by atoms with Gasteiger partial charge in [0, 0.05) is 32.0 Å². The summed E-state index contributed by atoms with van der Waals surface area (Å²) >= 11 is 0. The predicted molar refractivity (Wildman–Crippen MR) is 83.6 cm³/mol. The Morgan fingerprint density at radius 2 is 2.09 bits per heavy atom. The fourth-order valence-corrected chi connectivity index (χ4v) is 2.67. The largest absolute Gasteiger partial charge is 0.443 e. The number of amides is 1. The first-order valence-corrected chi connectivity index (χ1v) is 7.32. The van der Waals surface area contributed by atoms with E-state index in [1.807, 2.05) is 56.7 Å². The van der Waals surface area contributed by atoms with E-state index >= 15 is 0 Å². The second kappa shape index (κ2) is 6.19. The standard InChI is InChI=1S/C16H20N4O2/c1-18(10-13-8-9-19(2)17-13)11-15-12-20(16(21)22-15)14-6-4-3-5-7-14/h3-9,15H,10-12H2,1-2H3. The highest BCUT2D eigenvalue weighted by atomic mass is 16.6. The van der Waals surface area contributed by atoms with Crippen molar-refractivity contribution in [1.29, 1.82) is 0 Å². The minimum atomic E-state index is -0.276. The molecule has 0 bridgehead atoms. The van der Waals surface area contributed by atoms with Crippen LogP contribution in [0.15, 0.2) is 42.6 Å². The summed E-state index contributed by atoms with van der Waals surface area (Å²) in [5.74, 6) is 0. The number of carbonyl (C=O) groups is 1. The first kappa shape index (κ1) is 14.6. The van der Waals surface area contributed by atoms with Gasteiger partial charge in [-0.1, -0.05) is 18.2 Å². The summed E-state index contributed by atoms with van der Waals surface area (Å²) in [5, 5.41) is 4.36. The molecule has 0 radical (unpaired) electrons. The third-order valence-corrected chi connectivity index (χ3v) is 3.66. The van der Waals surface area contributed by atoms with Crippen molar-refractivity contribution in [2.24, 2.45) is 7.05 Å². The molecule has 1 aromatic carbocycles. The lowest BCUT2D eigenvalue weighted by Gasteiger charge is -2.18. The molecule has 1 aliphatic heterocycles. The van der Waals surface area contributed by atoms with Gasteiger partial charge in [-0.15, -0.1) is 0 Å². The van der Waals surface area contributed by atoms with Crippen molar-refractivity contribution in [2.75, 3.05) is 25.0 Å². The second-order valence-electron chi connectivity index (χ2n) is 5.63. The Labute approximate surface area is 129 Å². The van der Waals surface area contributed by atoms with Gasteiger partial charge >= 0.3 is 6.09 Å². The topological polar surface area (TPSA) is 50.6 Å². The van der Waals surface area contributed by atoms with E-state index in [1.165, 1.54) is 0 Å². The molecule has 3 rings (SSSR count). The molecule has 0 N–H and O–H groups in total. The van der Waals surface area contributed by atoms with E-state index in [0.29, 0.717) is 13.1 Å². The molecule has 0 saturated carbocycles. The Bertz CT molecular complexity index is 641. The minimum Gasteiger partial charge on any atom is -0.443 e. The molecule has 1 amide bonds. The molecule has 0 aliphatic carbocycles. The van der Waals surface area contributed by atoms with Gasteiger partial charge in [-0.2, -0.15) is 5.10 Å². The maximum atomic E-state index is 12.0. The van der Waals surface area contributed by atoms with Gasteiger partial charge in [0.2, 0.25) is 0 Å². The molecular formula is C16H20N4O2. The molecule has 1 atom stereocenters. The van der Waals surface area contributed by atoms with E-state index in [9.17, 15) is 4.79 Å². The van der Waals surface area contributed by atoms with Gasteiger partial charge < -0.3 is 4.74 Å². The molecule has 0 spiro atoms. The number of cyclic esters (lactones) is 1. The first-order chi connectivity index (χ1) is 10.6. The summed E-state index contributed by atoms with van der Waals surface area (Å²) in [4.78, 5) is 15.8. The fraction of sp³-hybridized carbons (Fsp3) is 0.375. The van der Waals surface area contributed by atoms with Gasteiger partial charge in [0.15, 0.2) is 0 Å². The molecule has 6 nitrogen and oxygen atoms in total. The molecule has 2 aromatic rings. The van der Waals surface area contributed by atoms with Crippen molar-refractivity contribution in [1.82, 2.24) is 14.7 Å². The van der Waals surface area contributed by atoms with E-state index < -0.39 is 0 Å². The third kappa shape index (κ3) is 3.28. The number of anilines is 1. The van der Waals surface area contributed by atoms with E-state index in [0.717, 1.165) is 17.9 Å². The van der Waals surface area contributed by atoms with E-state index in [-0.39, 0.29) is 12.2 Å². The molecule has 22 heavy (non-hydrogen) atoms. The summed E-state index contributed by atoms with van der Waals surface area (Å²) in [6.07, 6.45) is 1.53. The van der Waals surface area contributed by atoms with Crippen molar-refractivity contribution >= 4 is 11.8 Å². The lowest BCUT2D eigenvalue weighted by molar-refractivity contribution is 0.115. The summed E-state index contributed by atoms with van der Waals surface area (Å²) in [5.41, 5.74) is 1.89. The number of aryl methyl sites for hydroxylation is 1. The lowest BCUT2D eigenvalue weighted by Crippen LogP contribution is -2.32. The highest BCUT2D eigenvalue weighted by molar-refractivity contribution is 5.89. The Morgan fingerprint density at radius 3 is 2.77 bits per heavy atom. The van der Waals surface area contributed by atoms with Crippen molar-refractivity contribution < 1.29 is 9.53 Å². The predicted octanol–water partition coefficient (Wildman–Crippen LogP) is 1.88. The maximum absolute atomic E-state index is 12.0. The summed E-state index contributed by atoms with van der Waals surface area (Å²) in [6, 6.07) is 11.6. The average molecular weight is 300 g/mol. The molecule has 6 heteroatoms. The van der Waals surface area contributed by atoms with Crippen LogP contribution < -0.4 is 4.90 Å². The fourth-order valence-electron chi connectivity index (χ4n) is 2.67. The van der Waals surface area contributed by atoms with Crippen molar-refractivity contribution in [2.45, 2.75) is 12.6 Å². The zero-order valence-electron chi connectivity index (χ0n) is 12.8. The quantitative estimate of drug-likeness (QED) is 0.846. The Kier molecular flexibility index (Phi) is 4.11. The molecule has 2 heterocycles. The van der Waals surface area contributed by atoms with Crippen LogP contribution in [0.25, 0.3) is 0 Å². The zero-order valence-corrected chi connectivity index (χ0v) is 12.8. The Morgan fingerprint density at radius 1 is 1.32 bits per heavy atom. The summed E-state index contributed by atoms with van der Waals surface area (Å²) < 4.78 is 7.25. The normalized spacial score (nSPS) is 18.0. The molecule has 1 aliphatic rings. The highest BCUT2D eigenvalue weighted by Crippen LogP contribution is 2.21. The van der Waals surface area contributed by atoms with Gasteiger partial charge in [0.05, 0.1) is 12.2 Å². The molecular weight excluding hydrogens is 280 g/mol. The monoisotopic (exact) mass is 300 g/mol. The molecule has 1 fully saturated rings. The van der Waals surface area contributed by atoms with E-state index in [2.05, 4.69) is 10.00 Å². The summed E-state index contributed by atoms with van der Waals surface area (Å²) in [7, 11) is 3.91. The van der Waals surface area contributed by atoms with Gasteiger partial charge in [-0.3, -0.25) is 14.5 Å². The highest BCUT2D eigenvalue weighted by Gasteiger charge is 2.32. The van der Waals surface area contributed by atoms with E-state index in [1.54, 1.807) is 9.58 Å². The number of ether oxygens (including phenoxy) is 1. The summed E-state index contributed by atoms with van der Waals surface area (Å²) in [6.45, 7) is 2.00. The van der Waals surface area contributed by atoms with Gasteiger partial charge in [-0.05, 0) is 25.2 Å². The Hall–Kier alpha value is -2.34. The van der Waals surface area contributed by atoms with Crippen LogP contribution in [0, 0.1) is 0 Å². The number of hydrogen-bond donors (Lipinski definition) is 0. The molecule has 1 unspecified atom stereocenters. The zero-order chi connectivity index (χ0) is 15.5. The number of hydrogen-bond acceptors (Lipinski definition) is 4. The third-order valence-electron chi connectivity index (χ3n) is 3.66. The first-order valence-electron chi connectivity index (χ1n) is 7.32. The second-order valence-corrected chi connectivity index (χ2v) is 5.63. The van der Waals surface area contributed by atoms with Crippen molar-refractivity contribution in [3.63, 3.8) is 0 Å². The van der Waals surface area contributed by atoms with Crippen LogP contribution in [0.2, 0.25) is 0 Å². The average Bonchev–Trinajstić information content (AvgIpc) is 3.05. The maximum Gasteiger partial charge on any atom is 0.414 e. The minimum absolute atomic E-state index is 0.124. The van der Waals surface area contributed by atoms with Gasteiger partial charge in [0.1, 0.15) is 6.10 Å². The van der Waals surface area contributed by atoms with Crippen molar-refractivity contribution in [3.8, 4) is 0 Å². The molecule has 116 valence electrons. The number of rotatable bonds is 5. The van der Waals surface area contributed by atoms with Crippen LogP contribution in [-0.2, 0) is 18.3 Å². The number of likely N-dealkylation sites (N-methyl/N-ethyl adjacent to an activating group) is 1. The number of carbonyl (C=O) groups excluding carboxylic acids is 1. The smallest absolute Gasteiger partial charge is 0.414 e. The van der Waals surface area contributed by atoms with E-state index in [4.69, 9.17) is 4.74 Å². The number of nitrogens with zero attached hydrogens (tertiary/aromatic N) is 4. The lowest BCUT2D eigenvalue weighted by atomic mass is 10.2. The van der Waals surface area contributed by atoms with Gasteiger partial charge in [0.25, 0.3) is 0 Å². The van der Waals surface area contributed by atoms with Crippen LogP contribution in [0.1, 0.15) is 5.69 Å². The van der Waals surface area contributed by atoms with Crippen LogP contribution in [0.5, 0.6) is 0 Å². The number of benzene rings is 1. The number of para-hydroxylation sites is 1.